The quantitative estimate of drug-likeness (QED) is 0.292. The number of aliphatic hydroxyl groups excluding tert-OH is 1. The molecular weight excluding hydrogens is 148 g/mol. The third kappa shape index (κ3) is 26.9. The predicted molar refractivity (Wildman–Crippen MR) is 39.7 cm³/mol. The van der Waals surface area contributed by atoms with E-state index >= 15 is 0 Å². The third-order valence-electron chi connectivity index (χ3n) is 0.444. The van der Waals surface area contributed by atoms with Crippen LogP contribution < -0.4 is 0 Å². The highest BCUT2D eigenvalue weighted by Gasteiger charge is 1.77. The van der Waals surface area contributed by atoms with Gasteiger partial charge in [0.15, 0.2) is 0 Å². The van der Waals surface area contributed by atoms with Gasteiger partial charge in [-0.1, -0.05) is 11.0 Å². The van der Waals surface area contributed by atoms with Crippen LogP contribution >= 0.6 is 0 Å². The lowest BCUT2D eigenvalue weighted by Crippen LogP contribution is -1.94. The van der Waals surface area contributed by atoms with Crippen LogP contribution in [0.4, 0.5) is 0 Å². The van der Waals surface area contributed by atoms with Crippen LogP contribution in [0.2, 0.25) is 0 Å². The molecule has 0 atom stereocenters. The van der Waals surface area contributed by atoms with Crippen molar-refractivity contribution in [3.05, 3.63) is 0 Å². The maximum atomic E-state index is 7.51. The fraction of sp³-hybridized carbons (Fsp3) is 0.714. The van der Waals surface area contributed by atoms with Gasteiger partial charge in [-0.15, -0.1) is 0 Å². The molecule has 0 bridgehead atoms. The SMILES string of the molecule is CC#CO.CCOOOCC. The highest BCUT2D eigenvalue weighted by atomic mass is 17.5. The van der Waals surface area contributed by atoms with E-state index in [9.17, 15) is 0 Å². The molecule has 0 heterocycles. The summed E-state index contributed by atoms with van der Waals surface area (Å²) in [6.45, 7) is 6.23. The summed E-state index contributed by atoms with van der Waals surface area (Å²) in [6.07, 6.45) is 1.68. The summed E-state index contributed by atoms with van der Waals surface area (Å²) >= 11 is 0. The smallest absolute Gasteiger partial charge is 0.107 e. The molecular formula is C7H14O4. The van der Waals surface area contributed by atoms with Gasteiger partial charge in [-0.25, -0.2) is 9.78 Å². The van der Waals surface area contributed by atoms with Crippen LogP contribution in [-0.4, -0.2) is 18.3 Å². The molecule has 0 radical (unpaired) electrons. The fourth-order valence-electron chi connectivity index (χ4n) is 0.130. The Morgan fingerprint density at radius 3 is 1.73 bits per heavy atom. The van der Waals surface area contributed by atoms with Crippen molar-refractivity contribution >= 4 is 0 Å². The maximum Gasteiger partial charge on any atom is 0.107 e. The second kappa shape index (κ2) is 16.1. The van der Waals surface area contributed by atoms with Crippen molar-refractivity contribution in [2.45, 2.75) is 20.8 Å². The lowest BCUT2D eigenvalue weighted by Gasteiger charge is -1.94. The molecule has 1 N–H and O–H groups in total. The Kier molecular flexibility index (Phi) is 18.9. The van der Waals surface area contributed by atoms with Crippen LogP contribution in [-0.2, 0) is 14.8 Å². The standard InChI is InChI=1S/C4H10O3.C3H4O/c1-3-5-7-6-4-2;1-2-3-4/h3-4H2,1-2H3;4H,1H3. The zero-order valence-electron chi connectivity index (χ0n) is 7.09. The van der Waals surface area contributed by atoms with Crippen molar-refractivity contribution in [1.29, 1.82) is 0 Å². The number of rotatable bonds is 4. The lowest BCUT2D eigenvalue weighted by atomic mass is 10.8. The van der Waals surface area contributed by atoms with Gasteiger partial charge in [-0.05, 0) is 13.8 Å². The summed E-state index contributed by atoms with van der Waals surface area (Å²) in [7, 11) is 0. The topological polar surface area (TPSA) is 47.9 Å². The van der Waals surface area contributed by atoms with Crippen molar-refractivity contribution in [2.24, 2.45) is 0 Å². The molecule has 11 heavy (non-hydrogen) atoms. The molecule has 0 rings (SSSR count). The minimum atomic E-state index is 0.514. The average Bonchev–Trinajstić information content (AvgIpc) is 2.06. The Morgan fingerprint density at radius 1 is 1.18 bits per heavy atom. The second-order valence-electron chi connectivity index (χ2n) is 1.24. The van der Waals surface area contributed by atoms with E-state index in [1.165, 1.54) is 0 Å². The Hall–Kier alpha value is -0.760. The van der Waals surface area contributed by atoms with Gasteiger partial charge in [0, 0.05) is 6.92 Å². The fourth-order valence-corrected chi connectivity index (χ4v) is 0.130. The second-order valence-corrected chi connectivity index (χ2v) is 1.24. The number of aliphatic hydroxyl groups is 1. The van der Waals surface area contributed by atoms with Gasteiger partial charge in [0.2, 0.25) is 0 Å². The summed E-state index contributed by atoms with van der Waals surface area (Å²) in [6, 6.07) is 0. The van der Waals surface area contributed by atoms with Crippen molar-refractivity contribution in [1.82, 2.24) is 0 Å². The highest BCUT2D eigenvalue weighted by molar-refractivity contribution is 4.81. The van der Waals surface area contributed by atoms with Crippen LogP contribution in [0.5, 0.6) is 0 Å². The molecule has 0 saturated carbocycles. The number of hydrogen-bond acceptors (Lipinski definition) is 4. The minimum Gasteiger partial charge on any atom is -0.462 e. The molecule has 0 aliphatic carbocycles. The van der Waals surface area contributed by atoms with Crippen molar-refractivity contribution in [3.63, 3.8) is 0 Å². The molecule has 4 nitrogen and oxygen atoms in total. The third-order valence-corrected chi connectivity index (χ3v) is 0.444. The van der Waals surface area contributed by atoms with E-state index in [0.29, 0.717) is 13.2 Å². The lowest BCUT2D eigenvalue weighted by molar-refractivity contribution is -0.509. The monoisotopic (exact) mass is 162 g/mol. The normalized spacial score (nSPS) is 7.18. The summed E-state index contributed by atoms with van der Waals surface area (Å²) in [5, 5.41) is 11.6. The highest BCUT2D eigenvalue weighted by Crippen LogP contribution is 1.77. The van der Waals surface area contributed by atoms with Gasteiger partial charge in [0.05, 0.1) is 13.2 Å². The largest absolute Gasteiger partial charge is 0.462 e. The maximum absolute atomic E-state index is 7.51. The predicted octanol–water partition coefficient (Wildman–Crippen LogP) is 1.25. The minimum absolute atomic E-state index is 0.514. The van der Waals surface area contributed by atoms with Crippen molar-refractivity contribution in [3.8, 4) is 12.0 Å². The summed E-state index contributed by atoms with van der Waals surface area (Å²) < 4.78 is 0. The molecule has 0 fully saturated rings. The van der Waals surface area contributed by atoms with Gasteiger partial charge in [0.25, 0.3) is 0 Å². The van der Waals surface area contributed by atoms with E-state index in [4.69, 9.17) is 5.11 Å². The van der Waals surface area contributed by atoms with Crippen LogP contribution in [0.25, 0.3) is 0 Å². The number of hydrogen-bond donors (Lipinski definition) is 1. The molecule has 0 aromatic rings. The van der Waals surface area contributed by atoms with E-state index in [2.05, 4.69) is 20.7 Å². The molecule has 66 valence electrons. The Morgan fingerprint density at radius 2 is 1.55 bits per heavy atom. The first-order valence-electron chi connectivity index (χ1n) is 3.30. The molecule has 0 aliphatic heterocycles. The molecule has 0 amide bonds. The van der Waals surface area contributed by atoms with Crippen molar-refractivity contribution < 1.29 is 19.9 Å². The van der Waals surface area contributed by atoms with Gasteiger partial charge < -0.3 is 5.11 Å². The van der Waals surface area contributed by atoms with Gasteiger partial charge >= 0.3 is 0 Å². The van der Waals surface area contributed by atoms with E-state index < -0.39 is 0 Å². The first kappa shape index (κ1) is 12.9. The zero-order chi connectivity index (χ0) is 8.95. The zero-order valence-corrected chi connectivity index (χ0v) is 7.09. The van der Waals surface area contributed by atoms with Crippen LogP contribution in [0, 0.1) is 12.0 Å². The average molecular weight is 162 g/mol. The van der Waals surface area contributed by atoms with Crippen LogP contribution in [0.3, 0.4) is 0 Å². The van der Waals surface area contributed by atoms with E-state index in [0.717, 1.165) is 0 Å². The van der Waals surface area contributed by atoms with Gasteiger partial charge in [0.1, 0.15) is 6.11 Å². The van der Waals surface area contributed by atoms with Crippen LogP contribution in [0.1, 0.15) is 20.8 Å². The molecule has 0 spiro atoms. The molecule has 0 unspecified atom stereocenters. The molecule has 0 aromatic carbocycles. The first-order chi connectivity index (χ1) is 5.33. The Balaban J connectivity index is 0. The molecule has 4 heteroatoms. The Labute approximate surface area is 66.9 Å². The molecule has 0 saturated heterocycles. The van der Waals surface area contributed by atoms with E-state index in [1.807, 2.05) is 13.8 Å². The van der Waals surface area contributed by atoms with Crippen molar-refractivity contribution in [2.75, 3.05) is 13.2 Å². The summed E-state index contributed by atoms with van der Waals surface area (Å²) in [5.74, 6) is 2.24. The first-order valence-corrected chi connectivity index (χ1v) is 3.30. The summed E-state index contributed by atoms with van der Waals surface area (Å²) in [4.78, 5) is 8.70. The Bertz CT molecular complexity index is 92.7. The van der Waals surface area contributed by atoms with E-state index in [-0.39, 0.29) is 0 Å². The van der Waals surface area contributed by atoms with Gasteiger partial charge in [-0.2, -0.15) is 0 Å². The van der Waals surface area contributed by atoms with Crippen LogP contribution in [0.15, 0.2) is 0 Å². The molecule has 0 aliphatic rings. The summed E-state index contributed by atoms with van der Waals surface area (Å²) in [5.41, 5.74) is 0. The van der Waals surface area contributed by atoms with Gasteiger partial charge in [-0.3, -0.25) is 0 Å². The molecule has 0 aromatic heterocycles. The van der Waals surface area contributed by atoms with E-state index in [1.54, 1.807) is 13.0 Å².